The van der Waals surface area contributed by atoms with Gasteiger partial charge in [-0.2, -0.15) is 0 Å². The molecule has 5 nitrogen and oxygen atoms in total. The number of rotatable bonds is 6. The molecule has 3 rings (SSSR count). The molecule has 2 aromatic rings. The molecule has 1 aliphatic carbocycles. The molecule has 0 saturated heterocycles. The van der Waals surface area contributed by atoms with Crippen molar-refractivity contribution in [2.45, 2.75) is 32.9 Å². The zero-order chi connectivity index (χ0) is 17.6. The first-order chi connectivity index (χ1) is 12.1. The molecule has 6 heteroatoms. The number of benzene rings is 1. The second kappa shape index (κ2) is 7.96. The van der Waals surface area contributed by atoms with Gasteiger partial charge in [-0.25, -0.2) is 4.39 Å². The predicted octanol–water partition coefficient (Wildman–Crippen LogP) is 3.61. The minimum absolute atomic E-state index is 0.000704. The standard InChI is InChI=1S/C19H21FN2O3/c1-13-6-2-3-7-16(13)19(23)21-11-14-10-15(25-22-14)12-24-18-9-5-4-8-17(18)20/h2-5,8-10,13,16H,6-7,11-12H2,1H3,(H,21,23)/t13-,16-/m1/s1. The van der Waals surface area contributed by atoms with Crippen molar-refractivity contribution >= 4 is 5.91 Å². The molecule has 132 valence electrons. The monoisotopic (exact) mass is 344 g/mol. The van der Waals surface area contributed by atoms with Gasteiger partial charge in [0.2, 0.25) is 5.91 Å². The van der Waals surface area contributed by atoms with Crippen LogP contribution in [0.2, 0.25) is 0 Å². The molecule has 2 atom stereocenters. The Kier molecular flexibility index (Phi) is 5.48. The first kappa shape index (κ1) is 17.2. The number of allylic oxidation sites excluding steroid dienone is 2. The van der Waals surface area contributed by atoms with Gasteiger partial charge in [0.25, 0.3) is 0 Å². The van der Waals surface area contributed by atoms with E-state index < -0.39 is 5.82 Å². The fourth-order valence-corrected chi connectivity index (χ4v) is 2.84. The Morgan fingerprint density at radius 3 is 2.96 bits per heavy atom. The van der Waals surface area contributed by atoms with Gasteiger partial charge >= 0.3 is 0 Å². The quantitative estimate of drug-likeness (QED) is 0.813. The number of halogens is 1. The third-order valence-electron chi connectivity index (χ3n) is 4.35. The number of nitrogens with zero attached hydrogens (tertiary/aromatic N) is 1. The van der Waals surface area contributed by atoms with E-state index in [9.17, 15) is 9.18 Å². The van der Waals surface area contributed by atoms with Gasteiger partial charge in [-0.3, -0.25) is 4.79 Å². The van der Waals surface area contributed by atoms with E-state index in [1.165, 1.54) is 6.07 Å². The van der Waals surface area contributed by atoms with Crippen LogP contribution in [0.25, 0.3) is 0 Å². The normalized spacial score (nSPS) is 19.6. The van der Waals surface area contributed by atoms with Crippen molar-refractivity contribution in [1.29, 1.82) is 0 Å². The Bertz CT molecular complexity index is 757. The molecule has 0 saturated carbocycles. The van der Waals surface area contributed by atoms with Crippen LogP contribution < -0.4 is 10.1 Å². The van der Waals surface area contributed by atoms with Crippen LogP contribution in [0.5, 0.6) is 5.75 Å². The molecule has 25 heavy (non-hydrogen) atoms. The smallest absolute Gasteiger partial charge is 0.224 e. The number of hydrogen-bond acceptors (Lipinski definition) is 4. The van der Waals surface area contributed by atoms with E-state index in [-0.39, 0.29) is 24.2 Å². The summed E-state index contributed by atoms with van der Waals surface area (Å²) < 4.78 is 24.0. The Balaban J connectivity index is 1.49. The van der Waals surface area contributed by atoms with Crippen LogP contribution in [-0.2, 0) is 17.9 Å². The molecule has 1 N–H and O–H groups in total. The summed E-state index contributed by atoms with van der Waals surface area (Å²) in [6.07, 6.45) is 5.87. The van der Waals surface area contributed by atoms with Crippen LogP contribution >= 0.6 is 0 Å². The number of nitrogens with one attached hydrogen (secondary N) is 1. The molecule has 1 heterocycles. The van der Waals surface area contributed by atoms with Gasteiger partial charge in [0.1, 0.15) is 12.3 Å². The molecular formula is C19H21FN2O3. The first-order valence-corrected chi connectivity index (χ1v) is 8.38. The van der Waals surface area contributed by atoms with Crippen molar-refractivity contribution in [1.82, 2.24) is 10.5 Å². The third kappa shape index (κ3) is 4.47. The highest BCUT2D eigenvalue weighted by Crippen LogP contribution is 2.25. The summed E-state index contributed by atoms with van der Waals surface area (Å²) in [7, 11) is 0. The molecule has 0 fully saturated rings. The second-order valence-electron chi connectivity index (χ2n) is 6.25. The van der Waals surface area contributed by atoms with E-state index in [0.29, 0.717) is 23.9 Å². The largest absolute Gasteiger partial charge is 0.482 e. The van der Waals surface area contributed by atoms with Gasteiger partial charge in [0.05, 0.1) is 6.54 Å². The van der Waals surface area contributed by atoms with Crippen molar-refractivity contribution in [3.05, 3.63) is 59.8 Å². The van der Waals surface area contributed by atoms with E-state index in [4.69, 9.17) is 9.26 Å². The van der Waals surface area contributed by atoms with E-state index in [1.54, 1.807) is 24.3 Å². The lowest BCUT2D eigenvalue weighted by molar-refractivity contribution is -0.126. The van der Waals surface area contributed by atoms with Gasteiger partial charge in [0, 0.05) is 12.0 Å². The average Bonchev–Trinajstić information content (AvgIpc) is 3.07. The number of carbonyl (C=O) groups is 1. The molecule has 1 amide bonds. The molecule has 0 aliphatic heterocycles. The number of para-hydroxylation sites is 1. The maximum Gasteiger partial charge on any atom is 0.224 e. The molecule has 1 aromatic heterocycles. The Morgan fingerprint density at radius 2 is 2.16 bits per heavy atom. The molecule has 0 bridgehead atoms. The van der Waals surface area contributed by atoms with Crippen LogP contribution in [0.1, 0.15) is 31.2 Å². The van der Waals surface area contributed by atoms with Crippen LogP contribution in [0.3, 0.4) is 0 Å². The molecule has 0 spiro atoms. The van der Waals surface area contributed by atoms with Crippen molar-refractivity contribution in [3.8, 4) is 5.75 Å². The topological polar surface area (TPSA) is 64.4 Å². The van der Waals surface area contributed by atoms with Crippen LogP contribution in [-0.4, -0.2) is 11.1 Å². The molecule has 0 radical (unpaired) electrons. The zero-order valence-corrected chi connectivity index (χ0v) is 14.1. The maximum atomic E-state index is 13.5. The number of aromatic nitrogens is 1. The Morgan fingerprint density at radius 1 is 1.36 bits per heavy atom. The number of amides is 1. The predicted molar refractivity (Wildman–Crippen MR) is 90.1 cm³/mol. The highest BCUT2D eigenvalue weighted by atomic mass is 19.1. The highest BCUT2D eigenvalue weighted by molar-refractivity contribution is 5.79. The summed E-state index contributed by atoms with van der Waals surface area (Å²) in [6.45, 7) is 2.46. The summed E-state index contributed by atoms with van der Waals surface area (Å²) >= 11 is 0. The third-order valence-corrected chi connectivity index (χ3v) is 4.35. The van der Waals surface area contributed by atoms with Crippen molar-refractivity contribution in [2.75, 3.05) is 0 Å². The average molecular weight is 344 g/mol. The fraction of sp³-hybridized carbons (Fsp3) is 0.368. The van der Waals surface area contributed by atoms with Crippen molar-refractivity contribution in [3.63, 3.8) is 0 Å². The van der Waals surface area contributed by atoms with Crippen LogP contribution in [0.15, 0.2) is 47.0 Å². The number of carbonyl (C=O) groups excluding carboxylic acids is 1. The van der Waals surface area contributed by atoms with Crippen LogP contribution in [0.4, 0.5) is 4.39 Å². The summed E-state index contributed by atoms with van der Waals surface area (Å²) in [5.74, 6) is 0.580. The summed E-state index contributed by atoms with van der Waals surface area (Å²) in [6, 6.07) is 7.87. The zero-order valence-electron chi connectivity index (χ0n) is 14.1. The molecular weight excluding hydrogens is 323 g/mol. The maximum absolute atomic E-state index is 13.5. The lowest BCUT2D eigenvalue weighted by Crippen LogP contribution is -2.34. The van der Waals surface area contributed by atoms with E-state index >= 15 is 0 Å². The minimum Gasteiger partial charge on any atom is -0.482 e. The van der Waals surface area contributed by atoms with Gasteiger partial charge in [-0.15, -0.1) is 0 Å². The summed E-state index contributed by atoms with van der Waals surface area (Å²) in [5, 5.41) is 6.81. The summed E-state index contributed by atoms with van der Waals surface area (Å²) in [4.78, 5) is 12.3. The van der Waals surface area contributed by atoms with E-state index in [2.05, 4.69) is 29.5 Å². The van der Waals surface area contributed by atoms with Crippen LogP contribution in [0, 0.1) is 17.7 Å². The van der Waals surface area contributed by atoms with Gasteiger partial charge < -0.3 is 14.6 Å². The van der Waals surface area contributed by atoms with Crippen molar-refractivity contribution < 1.29 is 18.4 Å². The van der Waals surface area contributed by atoms with Gasteiger partial charge in [-0.05, 0) is 30.9 Å². The van der Waals surface area contributed by atoms with E-state index in [0.717, 1.165) is 12.8 Å². The molecule has 1 aliphatic rings. The number of ether oxygens (including phenoxy) is 1. The highest BCUT2D eigenvalue weighted by Gasteiger charge is 2.25. The lowest BCUT2D eigenvalue weighted by atomic mass is 9.84. The van der Waals surface area contributed by atoms with E-state index in [1.807, 2.05) is 0 Å². The fourth-order valence-electron chi connectivity index (χ4n) is 2.84. The van der Waals surface area contributed by atoms with Gasteiger partial charge in [-0.1, -0.05) is 36.4 Å². The Labute approximate surface area is 145 Å². The Hall–Kier alpha value is -2.63. The second-order valence-corrected chi connectivity index (χ2v) is 6.25. The lowest BCUT2D eigenvalue weighted by Gasteiger charge is -2.23. The molecule has 0 unspecified atom stereocenters. The first-order valence-electron chi connectivity index (χ1n) is 8.38. The summed E-state index contributed by atoms with van der Waals surface area (Å²) in [5.41, 5.74) is 0.611. The molecule has 1 aromatic carbocycles. The van der Waals surface area contributed by atoms with Crippen molar-refractivity contribution in [2.24, 2.45) is 11.8 Å². The SMILES string of the molecule is C[C@@H]1CC=CC[C@H]1C(=O)NCc1cc(COc2ccccc2F)on1. The number of hydrogen-bond donors (Lipinski definition) is 1. The minimum atomic E-state index is -0.426. The van der Waals surface area contributed by atoms with Gasteiger partial charge in [0.15, 0.2) is 17.3 Å².